The molecule has 0 aromatic heterocycles. The lowest BCUT2D eigenvalue weighted by Crippen LogP contribution is -2.22. The van der Waals surface area contributed by atoms with Crippen LogP contribution in [0.25, 0.3) is 0 Å². The maximum Gasteiger partial charge on any atom is 0.308 e. The van der Waals surface area contributed by atoms with Crippen LogP contribution in [-0.4, -0.2) is 11.9 Å². The second-order valence-electron chi connectivity index (χ2n) is 4.78. The molecule has 0 atom stereocenters. The van der Waals surface area contributed by atoms with E-state index in [-0.39, 0.29) is 11.9 Å². The fourth-order valence-corrected chi connectivity index (χ4v) is 2.04. The molecule has 4 nitrogen and oxygen atoms in total. The second kappa shape index (κ2) is 6.22. The molecule has 2 aromatic rings. The van der Waals surface area contributed by atoms with Crippen molar-refractivity contribution in [1.29, 1.82) is 0 Å². The van der Waals surface area contributed by atoms with E-state index in [4.69, 9.17) is 4.74 Å². The van der Waals surface area contributed by atoms with E-state index in [2.05, 4.69) is 0 Å². The summed E-state index contributed by atoms with van der Waals surface area (Å²) >= 11 is 0. The van der Waals surface area contributed by atoms with E-state index < -0.39 is 0 Å². The summed E-state index contributed by atoms with van der Waals surface area (Å²) in [7, 11) is 0. The van der Waals surface area contributed by atoms with Gasteiger partial charge in [0.15, 0.2) is 0 Å². The number of esters is 1. The number of hydrogen-bond donors (Lipinski definition) is 0. The van der Waals surface area contributed by atoms with Gasteiger partial charge in [0.2, 0.25) is 5.91 Å². The van der Waals surface area contributed by atoms with E-state index >= 15 is 0 Å². The molecule has 1 amide bonds. The van der Waals surface area contributed by atoms with Crippen molar-refractivity contribution in [1.82, 2.24) is 0 Å². The van der Waals surface area contributed by atoms with Crippen molar-refractivity contribution in [2.75, 3.05) is 4.90 Å². The van der Waals surface area contributed by atoms with Gasteiger partial charge in [-0.3, -0.25) is 14.5 Å². The Morgan fingerprint density at radius 2 is 1.33 bits per heavy atom. The summed E-state index contributed by atoms with van der Waals surface area (Å²) in [6.45, 7) is 4.86. The lowest BCUT2D eigenvalue weighted by atomic mass is 10.2. The first-order valence-electron chi connectivity index (χ1n) is 6.63. The number of carbonyl (C=O) groups excluding carboxylic acids is 2. The molecule has 2 rings (SSSR count). The minimum atomic E-state index is -0.371. The monoisotopic (exact) mass is 283 g/mol. The molecule has 4 heteroatoms. The van der Waals surface area contributed by atoms with Gasteiger partial charge < -0.3 is 4.74 Å². The number of hydrogen-bond acceptors (Lipinski definition) is 3. The molecule has 0 radical (unpaired) electrons. The zero-order valence-corrected chi connectivity index (χ0v) is 12.3. The molecule has 0 saturated carbocycles. The number of benzene rings is 2. The predicted molar refractivity (Wildman–Crippen MR) is 81.8 cm³/mol. The number of rotatable bonds is 3. The smallest absolute Gasteiger partial charge is 0.308 e. The van der Waals surface area contributed by atoms with Gasteiger partial charge in [-0.05, 0) is 43.3 Å². The van der Waals surface area contributed by atoms with E-state index in [0.29, 0.717) is 5.75 Å². The Kier molecular flexibility index (Phi) is 4.38. The van der Waals surface area contributed by atoms with Crippen molar-refractivity contribution in [3.05, 3.63) is 54.1 Å². The second-order valence-corrected chi connectivity index (χ2v) is 4.78. The summed E-state index contributed by atoms with van der Waals surface area (Å²) in [5.74, 6) is 0.00227. The Bertz CT molecular complexity index is 645. The third-order valence-corrected chi connectivity index (χ3v) is 2.96. The largest absolute Gasteiger partial charge is 0.427 e. The average molecular weight is 283 g/mol. The molecule has 0 unspecified atom stereocenters. The minimum absolute atomic E-state index is 0.0842. The highest BCUT2D eigenvalue weighted by Crippen LogP contribution is 2.27. The van der Waals surface area contributed by atoms with E-state index in [1.54, 1.807) is 29.2 Å². The van der Waals surface area contributed by atoms with Crippen LogP contribution in [0.4, 0.5) is 11.4 Å². The Labute approximate surface area is 124 Å². The van der Waals surface area contributed by atoms with Gasteiger partial charge in [0.25, 0.3) is 0 Å². The standard InChI is InChI=1S/C17H17NO3/c1-12-4-6-15(7-5-12)18(13(2)19)16-8-10-17(11-9-16)21-14(3)20/h4-11H,1-3H3. The van der Waals surface area contributed by atoms with Crippen molar-refractivity contribution in [3.63, 3.8) is 0 Å². The first-order valence-corrected chi connectivity index (χ1v) is 6.63. The Balaban J connectivity index is 2.32. The maximum absolute atomic E-state index is 11.9. The molecular weight excluding hydrogens is 266 g/mol. The van der Waals surface area contributed by atoms with Crippen molar-refractivity contribution in [3.8, 4) is 5.75 Å². The van der Waals surface area contributed by atoms with E-state index in [1.807, 2.05) is 31.2 Å². The molecule has 0 aliphatic rings. The summed E-state index contributed by atoms with van der Waals surface area (Å²) in [4.78, 5) is 24.4. The van der Waals surface area contributed by atoms with Crippen LogP contribution >= 0.6 is 0 Å². The molecular formula is C17H17NO3. The molecule has 0 N–H and O–H groups in total. The number of ether oxygens (including phenoxy) is 1. The fourth-order valence-electron chi connectivity index (χ4n) is 2.04. The van der Waals surface area contributed by atoms with Gasteiger partial charge in [-0.15, -0.1) is 0 Å². The molecule has 108 valence electrons. The molecule has 0 aliphatic heterocycles. The molecule has 21 heavy (non-hydrogen) atoms. The van der Waals surface area contributed by atoms with Gasteiger partial charge in [0, 0.05) is 25.2 Å². The first kappa shape index (κ1) is 14.8. The normalized spacial score (nSPS) is 10.0. The fraction of sp³-hybridized carbons (Fsp3) is 0.176. The van der Waals surface area contributed by atoms with Crippen molar-refractivity contribution >= 4 is 23.3 Å². The average Bonchev–Trinajstić information content (AvgIpc) is 2.42. The summed E-state index contributed by atoms with van der Waals surface area (Å²) < 4.78 is 4.99. The van der Waals surface area contributed by atoms with E-state index in [0.717, 1.165) is 16.9 Å². The van der Waals surface area contributed by atoms with Crippen LogP contribution in [0.2, 0.25) is 0 Å². The summed E-state index contributed by atoms with van der Waals surface area (Å²) in [6, 6.07) is 14.5. The van der Waals surface area contributed by atoms with Gasteiger partial charge in [0.1, 0.15) is 5.75 Å². The molecule has 0 heterocycles. The van der Waals surface area contributed by atoms with Crippen LogP contribution in [0.1, 0.15) is 19.4 Å². The quantitative estimate of drug-likeness (QED) is 0.638. The zero-order valence-electron chi connectivity index (χ0n) is 12.3. The van der Waals surface area contributed by atoms with E-state index in [9.17, 15) is 9.59 Å². The third-order valence-electron chi connectivity index (χ3n) is 2.96. The summed E-state index contributed by atoms with van der Waals surface area (Å²) in [6.07, 6.45) is 0. The van der Waals surface area contributed by atoms with Crippen molar-refractivity contribution in [2.24, 2.45) is 0 Å². The minimum Gasteiger partial charge on any atom is -0.427 e. The molecule has 0 spiro atoms. The lowest BCUT2D eigenvalue weighted by Gasteiger charge is -2.21. The summed E-state index contributed by atoms with van der Waals surface area (Å²) in [5, 5.41) is 0. The number of nitrogens with zero attached hydrogens (tertiary/aromatic N) is 1. The van der Waals surface area contributed by atoms with Crippen molar-refractivity contribution < 1.29 is 14.3 Å². The topological polar surface area (TPSA) is 46.6 Å². The first-order chi connectivity index (χ1) is 9.97. The van der Waals surface area contributed by atoms with E-state index in [1.165, 1.54) is 13.8 Å². The van der Waals surface area contributed by atoms with Crippen LogP contribution in [0, 0.1) is 6.92 Å². The van der Waals surface area contributed by atoms with Crippen LogP contribution in [0.5, 0.6) is 5.75 Å². The van der Waals surface area contributed by atoms with Crippen LogP contribution in [0.15, 0.2) is 48.5 Å². The van der Waals surface area contributed by atoms with Gasteiger partial charge in [0.05, 0.1) is 0 Å². The lowest BCUT2D eigenvalue weighted by molar-refractivity contribution is -0.131. The maximum atomic E-state index is 11.9. The van der Waals surface area contributed by atoms with Gasteiger partial charge in [-0.2, -0.15) is 0 Å². The highest BCUT2D eigenvalue weighted by molar-refractivity contribution is 5.99. The van der Waals surface area contributed by atoms with Gasteiger partial charge in [-0.1, -0.05) is 17.7 Å². The highest BCUT2D eigenvalue weighted by Gasteiger charge is 2.14. The number of carbonyl (C=O) groups is 2. The number of anilines is 2. The van der Waals surface area contributed by atoms with Gasteiger partial charge in [-0.25, -0.2) is 0 Å². The third kappa shape index (κ3) is 3.69. The Hall–Kier alpha value is -2.62. The molecule has 0 fully saturated rings. The number of aryl methyl sites for hydroxylation is 1. The molecule has 0 aliphatic carbocycles. The van der Waals surface area contributed by atoms with Crippen LogP contribution in [-0.2, 0) is 9.59 Å². The Morgan fingerprint density at radius 3 is 1.76 bits per heavy atom. The van der Waals surface area contributed by atoms with Crippen molar-refractivity contribution in [2.45, 2.75) is 20.8 Å². The van der Waals surface area contributed by atoms with Gasteiger partial charge >= 0.3 is 5.97 Å². The zero-order chi connectivity index (χ0) is 15.4. The highest BCUT2D eigenvalue weighted by atomic mass is 16.5. The Morgan fingerprint density at radius 1 is 0.857 bits per heavy atom. The number of amides is 1. The molecule has 0 bridgehead atoms. The SMILES string of the molecule is CC(=O)Oc1ccc(N(C(C)=O)c2ccc(C)cc2)cc1. The van der Waals surface area contributed by atoms with Crippen LogP contribution in [0.3, 0.4) is 0 Å². The predicted octanol–water partition coefficient (Wildman–Crippen LogP) is 3.60. The molecule has 2 aromatic carbocycles. The molecule has 0 saturated heterocycles. The summed E-state index contributed by atoms with van der Waals surface area (Å²) in [5.41, 5.74) is 2.66. The van der Waals surface area contributed by atoms with Crippen LogP contribution < -0.4 is 9.64 Å².